The standard InChI is InChI=1S/C13H16N2O4S/c1-2-12(16)10-4-3-5-11(8-10)20(18,19)15-7-6-14-13(17)9-15/h3-5,8H,2,6-7,9H2,1H3,(H,14,17). The SMILES string of the molecule is CCC(=O)c1cccc(S(=O)(=O)N2CCNC(=O)C2)c1. The highest BCUT2D eigenvalue weighted by atomic mass is 32.2. The fourth-order valence-electron chi connectivity index (χ4n) is 2.00. The van der Waals surface area contributed by atoms with Crippen LogP contribution in [0.15, 0.2) is 29.2 Å². The zero-order valence-corrected chi connectivity index (χ0v) is 11.9. The van der Waals surface area contributed by atoms with Crippen LogP contribution in [0, 0.1) is 0 Å². The molecule has 0 radical (unpaired) electrons. The summed E-state index contributed by atoms with van der Waals surface area (Å²) in [5.74, 6) is -0.431. The second kappa shape index (κ2) is 5.72. The molecule has 0 aliphatic carbocycles. The van der Waals surface area contributed by atoms with Gasteiger partial charge >= 0.3 is 0 Å². The first-order valence-corrected chi connectivity index (χ1v) is 7.79. The largest absolute Gasteiger partial charge is 0.354 e. The molecule has 1 aromatic rings. The van der Waals surface area contributed by atoms with Gasteiger partial charge in [-0.25, -0.2) is 8.42 Å². The lowest BCUT2D eigenvalue weighted by Gasteiger charge is -2.26. The molecule has 7 heteroatoms. The molecular weight excluding hydrogens is 280 g/mol. The number of sulfonamides is 1. The van der Waals surface area contributed by atoms with Gasteiger partial charge < -0.3 is 5.32 Å². The summed E-state index contributed by atoms with van der Waals surface area (Å²) in [4.78, 5) is 23.0. The number of carbonyl (C=O) groups excluding carboxylic acids is 2. The molecule has 1 aromatic carbocycles. The van der Waals surface area contributed by atoms with Crippen LogP contribution in [0.25, 0.3) is 0 Å². The highest BCUT2D eigenvalue weighted by molar-refractivity contribution is 7.89. The fourth-order valence-corrected chi connectivity index (χ4v) is 3.45. The quantitative estimate of drug-likeness (QED) is 0.815. The Hall–Kier alpha value is -1.73. The Morgan fingerprint density at radius 3 is 2.80 bits per heavy atom. The smallest absolute Gasteiger partial charge is 0.243 e. The second-order valence-electron chi connectivity index (χ2n) is 4.49. The predicted octanol–water partition coefficient (Wildman–Crippen LogP) is 0.400. The summed E-state index contributed by atoms with van der Waals surface area (Å²) in [6.45, 7) is 2.07. The van der Waals surface area contributed by atoms with E-state index in [0.717, 1.165) is 4.31 Å². The Morgan fingerprint density at radius 1 is 1.40 bits per heavy atom. The van der Waals surface area contributed by atoms with Gasteiger partial charge in [0.05, 0.1) is 11.4 Å². The van der Waals surface area contributed by atoms with Crippen molar-refractivity contribution in [2.75, 3.05) is 19.6 Å². The lowest BCUT2D eigenvalue weighted by Crippen LogP contribution is -2.49. The summed E-state index contributed by atoms with van der Waals surface area (Å²) in [5, 5.41) is 2.58. The van der Waals surface area contributed by atoms with Crippen LogP contribution in [-0.4, -0.2) is 44.0 Å². The van der Waals surface area contributed by atoms with Crippen LogP contribution in [0.1, 0.15) is 23.7 Å². The number of hydrogen-bond acceptors (Lipinski definition) is 4. The third-order valence-corrected chi connectivity index (χ3v) is 4.96. The van der Waals surface area contributed by atoms with Crippen LogP contribution in [-0.2, 0) is 14.8 Å². The van der Waals surface area contributed by atoms with Crippen molar-refractivity contribution >= 4 is 21.7 Å². The highest BCUT2D eigenvalue weighted by Crippen LogP contribution is 2.18. The molecule has 1 saturated heterocycles. The lowest BCUT2D eigenvalue weighted by molar-refractivity contribution is -0.122. The lowest BCUT2D eigenvalue weighted by atomic mass is 10.1. The van der Waals surface area contributed by atoms with Crippen LogP contribution in [0.2, 0.25) is 0 Å². The number of piperazine rings is 1. The number of nitrogens with one attached hydrogen (secondary N) is 1. The summed E-state index contributed by atoms with van der Waals surface area (Å²) < 4.78 is 26.0. The molecule has 0 spiro atoms. The van der Waals surface area contributed by atoms with Gasteiger partial charge in [-0.05, 0) is 12.1 Å². The number of Topliss-reactive ketones (excluding diaryl/α,β-unsaturated/α-hetero) is 1. The first-order valence-electron chi connectivity index (χ1n) is 6.35. The van der Waals surface area contributed by atoms with Gasteiger partial charge in [0.25, 0.3) is 0 Å². The highest BCUT2D eigenvalue weighted by Gasteiger charge is 2.29. The van der Waals surface area contributed by atoms with Gasteiger partial charge in [0, 0.05) is 25.1 Å². The van der Waals surface area contributed by atoms with E-state index < -0.39 is 10.0 Å². The molecule has 0 bridgehead atoms. The van der Waals surface area contributed by atoms with Gasteiger partial charge in [-0.2, -0.15) is 4.31 Å². The first-order chi connectivity index (χ1) is 9.45. The Labute approximate surface area is 117 Å². The van der Waals surface area contributed by atoms with Gasteiger partial charge in [-0.1, -0.05) is 19.1 Å². The van der Waals surface area contributed by atoms with Gasteiger partial charge in [0.15, 0.2) is 5.78 Å². The molecule has 1 fully saturated rings. The van der Waals surface area contributed by atoms with Crippen LogP contribution in [0.4, 0.5) is 0 Å². The van der Waals surface area contributed by atoms with E-state index >= 15 is 0 Å². The van der Waals surface area contributed by atoms with E-state index in [4.69, 9.17) is 0 Å². The van der Waals surface area contributed by atoms with Crippen molar-refractivity contribution in [1.82, 2.24) is 9.62 Å². The normalized spacial score (nSPS) is 16.8. The molecule has 1 aliphatic rings. The predicted molar refractivity (Wildman–Crippen MR) is 72.8 cm³/mol. The van der Waals surface area contributed by atoms with E-state index in [0.29, 0.717) is 18.5 Å². The zero-order valence-electron chi connectivity index (χ0n) is 11.1. The van der Waals surface area contributed by atoms with Crippen molar-refractivity contribution in [3.63, 3.8) is 0 Å². The summed E-state index contributed by atoms with van der Waals surface area (Å²) >= 11 is 0. The van der Waals surface area contributed by atoms with E-state index in [2.05, 4.69) is 5.32 Å². The Bertz CT molecular complexity index is 640. The summed E-state index contributed by atoms with van der Waals surface area (Å²) in [5.41, 5.74) is 0.370. The molecule has 0 aromatic heterocycles. The zero-order chi connectivity index (χ0) is 14.8. The van der Waals surface area contributed by atoms with E-state index in [9.17, 15) is 18.0 Å². The minimum Gasteiger partial charge on any atom is -0.354 e. The van der Waals surface area contributed by atoms with Crippen molar-refractivity contribution in [2.24, 2.45) is 0 Å². The maximum atomic E-state index is 12.4. The average molecular weight is 296 g/mol. The van der Waals surface area contributed by atoms with Gasteiger partial charge in [0.2, 0.25) is 15.9 Å². The van der Waals surface area contributed by atoms with Crippen LogP contribution in [0.5, 0.6) is 0 Å². The van der Waals surface area contributed by atoms with Gasteiger partial charge in [0.1, 0.15) is 0 Å². The third kappa shape index (κ3) is 2.88. The maximum Gasteiger partial charge on any atom is 0.243 e. The summed E-state index contributed by atoms with van der Waals surface area (Å²) in [6.07, 6.45) is 0.315. The van der Waals surface area contributed by atoms with E-state index in [1.54, 1.807) is 19.1 Å². The number of benzene rings is 1. The summed E-state index contributed by atoms with van der Waals surface area (Å²) in [6, 6.07) is 5.94. The van der Waals surface area contributed by atoms with Crippen LogP contribution in [0.3, 0.4) is 0 Å². The van der Waals surface area contributed by atoms with Crippen molar-refractivity contribution < 1.29 is 18.0 Å². The molecule has 108 valence electrons. The number of carbonyl (C=O) groups is 2. The minimum atomic E-state index is -3.74. The Morgan fingerprint density at radius 2 is 2.15 bits per heavy atom. The number of ketones is 1. The molecule has 1 N–H and O–H groups in total. The number of hydrogen-bond donors (Lipinski definition) is 1. The molecule has 0 unspecified atom stereocenters. The molecular formula is C13H16N2O4S. The maximum absolute atomic E-state index is 12.4. The monoisotopic (exact) mass is 296 g/mol. The van der Waals surface area contributed by atoms with Crippen molar-refractivity contribution in [1.29, 1.82) is 0 Å². The van der Waals surface area contributed by atoms with Crippen molar-refractivity contribution in [3.05, 3.63) is 29.8 Å². The number of nitrogens with zero attached hydrogens (tertiary/aromatic N) is 1. The topological polar surface area (TPSA) is 83.6 Å². The third-order valence-electron chi connectivity index (χ3n) is 3.12. The van der Waals surface area contributed by atoms with Crippen molar-refractivity contribution in [2.45, 2.75) is 18.2 Å². The molecule has 20 heavy (non-hydrogen) atoms. The van der Waals surface area contributed by atoms with E-state index in [1.807, 2.05) is 0 Å². The van der Waals surface area contributed by atoms with Crippen LogP contribution >= 0.6 is 0 Å². The first kappa shape index (κ1) is 14.7. The molecule has 1 aliphatic heterocycles. The van der Waals surface area contributed by atoms with E-state index in [1.165, 1.54) is 12.1 Å². The minimum absolute atomic E-state index is 0.0477. The number of amides is 1. The van der Waals surface area contributed by atoms with E-state index in [-0.39, 0.29) is 29.7 Å². The molecule has 6 nitrogen and oxygen atoms in total. The second-order valence-corrected chi connectivity index (χ2v) is 6.43. The molecule has 2 rings (SSSR count). The van der Waals surface area contributed by atoms with Gasteiger partial charge in [-0.3, -0.25) is 9.59 Å². The molecule has 0 atom stereocenters. The Balaban J connectivity index is 2.34. The molecule has 1 amide bonds. The summed E-state index contributed by atoms with van der Waals surface area (Å²) in [7, 11) is -3.74. The van der Waals surface area contributed by atoms with Crippen molar-refractivity contribution in [3.8, 4) is 0 Å². The molecule has 1 heterocycles. The molecule has 0 saturated carbocycles. The van der Waals surface area contributed by atoms with Gasteiger partial charge in [-0.15, -0.1) is 0 Å². The average Bonchev–Trinajstić information content (AvgIpc) is 2.46. The van der Waals surface area contributed by atoms with Crippen LogP contribution < -0.4 is 5.32 Å². The Kier molecular flexibility index (Phi) is 4.20. The number of rotatable bonds is 4. The fraction of sp³-hybridized carbons (Fsp3) is 0.385.